The standard InChI is InChI=1S/C20H20N4O/c1-21-18-13-11-23-17(12-6-7-12)10-15(13)20(19(25)24-18)8-2-5-16-14(20)4-3-9-22-16/h3-4,9-12H,2,5-8H2,1H3,(H,21,24,25). The SMILES string of the molecule is CNC1=NC(=O)C2(CCCc3ncccc32)c2cc(C3CC3)ncc21. The van der Waals surface area contributed by atoms with Crippen LogP contribution in [0.25, 0.3) is 0 Å². The Labute approximate surface area is 146 Å². The van der Waals surface area contributed by atoms with Crippen LogP contribution in [0.1, 0.15) is 59.7 Å². The maximum absolute atomic E-state index is 13.3. The zero-order chi connectivity index (χ0) is 17.0. The van der Waals surface area contributed by atoms with Crippen LogP contribution >= 0.6 is 0 Å². The fourth-order valence-corrected chi connectivity index (χ4v) is 4.36. The van der Waals surface area contributed by atoms with Crippen LogP contribution in [0.5, 0.6) is 0 Å². The van der Waals surface area contributed by atoms with Gasteiger partial charge in [-0.15, -0.1) is 0 Å². The quantitative estimate of drug-likeness (QED) is 0.871. The van der Waals surface area contributed by atoms with E-state index < -0.39 is 5.41 Å². The topological polar surface area (TPSA) is 67.2 Å². The van der Waals surface area contributed by atoms with Crippen molar-refractivity contribution in [3.8, 4) is 0 Å². The van der Waals surface area contributed by atoms with Crippen LogP contribution in [0.3, 0.4) is 0 Å². The molecule has 126 valence electrons. The summed E-state index contributed by atoms with van der Waals surface area (Å²) in [6.07, 6.45) is 8.75. The predicted molar refractivity (Wildman–Crippen MR) is 94.8 cm³/mol. The molecule has 1 fully saturated rings. The zero-order valence-electron chi connectivity index (χ0n) is 14.2. The van der Waals surface area contributed by atoms with Gasteiger partial charge >= 0.3 is 0 Å². The highest BCUT2D eigenvalue weighted by atomic mass is 16.1. The second-order valence-corrected chi connectivity index (χ2v) is 7.20. The van der Waals surface area contributed by atoms with Crippen molar-refractivity contribution in [3.05, 3.63) is 58.7 Å². The molecule has 3 heterocycles. The summed E-state index contributed by atoms with van der Waals surface area (Å²) in [6, 6.07) is 6.15. The van der Waals surface area contributed by atoms with Crippen molar-refractivity contribution in [2.45, 2.75) is 43.4 Å². The van der Waals surface area contributed by atoms with Crippen LogP contribution in [0.15, 0.2) is 35.6 Å². The van der Waals surface area contributed by atoms with Crippen molar-refractivity contribution in [1.82, 2.24) is 15.3 Å². The summed E-state index contributed by atoms with van der Waals surface area (Å²) in [5, 5.41) is 3.07. The number of aliphatic imine (C=N–C) groups is 1. The van der Waals surface area contributed by atoms with E-state index in [0.717, 1.165) is 47.3 Å². The van der Waals surface area contributed by atoms with Crippen LogP contribution < -0.4 is 5.32 Å². The van der Waals surface area contributed by atoms with Gasteiger partial charge in [-0.25, -0.2) is 0 Å². The third-order valence-electron chi connectivity index (χ3n) is 5.77. The minimum absolute atomic E-state index is 0.0775. The van der Waals surface area contributed by atoms with Gasteiger partial charge in [0.2, 0.25) is 0 Å². The van der Waals surface area contributed by atoms with Gasteiger partial charge in [-0.1, -0.05) is 6.07 Å². The monoisotopic (exact) mass is 332 g/mol. The molecule has 1 unspecified atom stereocenters. The molecule has 2 aromatic heterocycles. The Morgan fingerprint density at radius 3 is 2.92 bits per heavy atom. The van der Waals surface area contributed by atoms with Gasteiger partial charge in [-0.3, -0.25) is 14.8 Å². The number of pyridine rings is 2. The molecule has 0 aromatic carbocycles. The van der Waals surface area contributed by atoms with Crippen molar-refractivity contribution in [2.75, 3.05) is 7.05 Å². The first-order valence-corrected chi connectivity index (χ1v) is 9.00. The fourth-order valence-electron chi connectivity index (χ4n) is 4.36. The van der Waals surface area contributed by atoms with Crippen LogP contribution in [-0.2, 0) is 16.6 Å². The van der Waals surface area contributed by atoms with E-state index in [1.807, 2.05) is 18.5 Å². The number of hydrogen-bond acceptors (Lipinski definition) is 4. The lowest BCUT2D eigenvalue weighted by Crippen LogP contribution is -2.46. The van der Waals surface area contributed by atoms with E-state index in [-0.39, 0.29) is 5.91 Å². The second kappa shape index (κ2) is 5.22. The Morgan fingerprint density at radius 2 is 2.12 bits per heavy atom. The van der Waals surface area contributed by atoms with Crippen LogP contribution in [-0.4, -0.2) is 28.8 Å². The van der Waals surface area contributed by atoms with Crippen LogP contribution in [0.2, 0.25) is 0 Å². The lowest BCUT2D eigenvalue weighted by molar-refractivity contribution is -0.122. The molecule has 0 radical (unpaired) electrons. The van der Waals surface area contributed by atoms with Gasteiger partial charge < -0.3 is 5.32 Å². The minimum Gasteiger partial charge on any atom is -0.372 e. The molecule has 2 aliphatic carbocycles. The third-order valence-corrected chi connectivity index (χ3v) is 5.77. The number of carbonyl (C=O) groups is 1. The van der Waals surface area contributed by atoms with Crippen molar-refractivity contribution in [1.29, 1.82) is 0 Å². The van der Waals surface area contributed by atoms with E-state index in [1.54, 1.807) is 7.05 Å². The number of fused-ring (bicyclic) bond motifs is 4. The summed E-state index contributed by atoms with van der Waals surface area (Å²) >= 11 is 0. The molecule has 1 saturated carbocycles. The minimum atomic E-state index is -0.704. The van der Waals surface area contributed by atoms with Crippen molar-refractivity contribution in [3.63, 3.8) is 0 Å². The first-order chi connectivity index (χ1) is 12.2. The fraction of sp³-hybridized carbons (Fsp3) is 0.400. The number of nitrogens with zero attached hydrogens (tertiary/aromatic N) is 3. The number of aromatic nitrogens is 2. The molecule has 25 heavy (non-hydrogen) atoms. The van der Waals surface area contributed by atoms with Crippen molar-refractivity contribution >= 4 is 11.7 Å². The lowest BCUT2D eigenvalue weighted by atomic mass is 9.64. The van der Waals surface area contributed by atoms with E-state index in [4.69, 9.17) is 0 Å². The highest BCUT2D eigenvalue weighted by Crippen LogP contribution is 2.48. The van der Waals surface area contributed by atoms with Gasteiger partial charge in [0.1, 0.15) is 11.3 Å². The number of amides is 1. The number of aryl methyl sites for hydroxylation is 1. The third kappa shape index (κ3) is 2.01. The summed E-state index contributed by atoms with van der Waals surface area (Å²) in [7, 11) is 1.80. The number of rotatable bonds is 1. The van der Waals surface area contributed by atoms with E-state index in [1.165, 1.54) is 12.8 Å². The average molecular weight is 332 g/mol. The Balaban J connectivity index is 1.81. The number of carbonyl (C=O) groups excluding carboxylic acids is 1. The Kier molecular flexibility index (Phi) is 3.08. The Bertz CT molecular complexity index is 916. The number of nitrogens with one attached hydrogen (secondary N) is 1. The molecular formula is C20H20N4O. The van der Waals surface area contributed by atoms with E-state index in [9.17, 15) is 4.79 Å². The summed E-state index contributed by atoms with van der Waals surface area (Å²) < 4.78 is 0. The Hall–Kier alpha value is -2.56. The van der Waals surface area contributed by atoms with Gasteiger partial charge in [0.25, 0.3) is 5.91 Å². The van der Waals surface area contributed by atoms with Gasteiger partial charge in [-0.2, -0.15) is 4.99 Å². The van der Waals surface area contributed by atoms with Gasteiger partial charge in [0.05, 0.1) is 0 Å². The van der Waals surface area contributed by atoms with Crippen LogP contribution in [0, 0.1) is 0 Å². The molecule has 5 rings (SSSR count). The molecule has 1 spiro atoms. The van der Waals surface area contributed by atoms with Gasteiger partial charge in [-0.05, 0) is 55.4 Å². The zero-order valence-corrected chi connectivity index (χ0v) is 14.2. The second-order valence-electron chi connectivity index (χ2n) is 7.20. The molecule has 1 atom stereocenters. The molecule has 2 aromatic rings. The van der Waals surface area contributed by atoms with Gasteiger partial charge in [0, 0.05) is 42.3 Å². The molecule has 5 heteroatoms. The predicted octanol–water partition coefficient (Wildman–Crippen LogP) is 2.48. The number of hydrogen-bond donors (Lipinski definition) is 1. The summed E-state index contributed by atoms with van der Waals surface area (Å²) in [6.45, 7) is 0. The lowest BCUT2D eigenvalue weighted by Gasteiger charge is -2.39. The summed E-state index contributed by atoms with van der Waals surface area (Å²) in [5.41, 5.74) is 4.47. The summed E-state index contributed by atoms with van der Waals surface area (Å²) in [4.78, 5) is 26.9. The molecule has 5 nitrogen and oxygen atoms in total. The smallest absolute Gasteiger partial charge is 0.262 e. The Morgan fingerprint density at radius 1 is 1.24 bits per heavy atom. The molecule has 1 amide bonds. The van der Waals surface area contributed by atoms with Gasteiger partial charge in [0.15, 0.2) is 0 Å². The summed E-state index contributed by atoms with van der Waals surface area (Å²) in [5.74, 6) is 1.09. The molecule has 1 aliphatic heterocycles. The average Bonchev–Trinajstić information content (AvgIpc) is 3.50. The van der Waals surface area contributed by atoms with Crippen molar-refractivity contribution < 1.29 is 4.79 Å². The number of amidine groups is 1. The van der Waals surface area contributed by atoms with E-state index in [2.05, 4.69) is 32.4 Å². The highest BCUT2D eigenvalue weighted by molar-refractivity contribution is 6.13. The van der Waals surface area contributed by atoms with Crippen molar-refractivity contribution in [2.24, 2.45) is 4.99 Å². The highest BCUT2D eigenvalue weighted by Gasteiger charge is 2.49. The van der Waals surface area contributed by atoms with Crippen LogP contribution in [0.4, 0.5) is 0 Å². The first-order valence-electron chi connectivity index (χ1n) is 9.00. The van der Waals surface area contributed by atoms with E-state index >= 15 is 0 Å². The normalized spacial score (nSPS) is 24.5. The molecule has 3 aliphatic rings. The first kappa shape index (κ1) is 14.8. The van der Waals surface area contributed by atoms with E-state index in [0.29, 0.717) is 11.8 Å². The molecular weight excluding hydrogens is 312 g/mol. The largest absolute Gasteiger partial charge is 0.372 e. The molecule has 1 N–H and O–H groups in total. The molecule has 0 bridgehead atoms. The maximum Gasteiger partial charge on any atom is 0.262 e. The maximum atomic E-state index is 13.3. The molecule has 0 saturated heterocycles.